The second kappa shape index (κ2) is 6.72. The predicted molar refractivity (Wildman–Crippen MR) is 102 cm³/mol. The quantitative estimate of drug-likeness (QED) is 0.756. The molecule has 4 N–H and O–H groups in total. The Kier molecular flexibility index (Phi) is 4.61. The number of nitrogens with zero attached hydrogens (tertiary/aromatic N) is 3. The van der Waals surface area contributed by atoms with Gasteiger partial charge in [-0.2, -0.15) is 5.10 Å². The Bertz CT molecular complexity index is 921. The molecule has 0 saturated heterocycles. The zero-order valence-electron chi connectivity index (χ0n) is 15.2. The van der Waals surface area contributed by atoms with E-state index in [1.165, 1.54) is 0 Å². The molecular weight excluding hydrogens is 326 g/mol. The molecule has 1 aromatic carbocycles. The number of amides is 1. The van der Waals surface area contributed by atoms with Crippen molar-refractivity contribution in [1.29, 1.82) is 0 Å². The molecule has 6 heteroatoms. The lowest BCUT2D eigenvalue weighted by atomic mass is 9.83. The highest BCUT2D eigenvalue weighted by Crippen LogP contribution is 2.37. The van der Waals surface area contributed by atoms with Crippen molar-refractivity contribution in [3.05, 3.63) is 65.6 Å². The molecule has 0 unspecified atom stereocenters. The number of aromatic nitrogens is 3. The van der Waals surface area contributed by atoms with Crippen molar-refractivity contribution in [2.75, 3.05) is 0 Å². The van der Waals surface area contributed by atoms with Crippen molar-refractivity contribution >= 4 is 5.91 Å². The Morgan fingerprint density at radius 2 is 1.85 bits per heavy atom. The molecule has 6 nitrogen and oxygen atoms in total. The maximum Gasteiger partial charge on any atom is 0.269 e. The Hall–Kier alpha value is -2.99. The minimum atomic E-state index is -0.544. The molecule has 0 atom stereocenters. The van der Waals surface area contributed by atoms with Gasteiger partial charge >= 0.3 is 0 Å². The van der Waals surface area contributed by atoms with Crippen LogP contribution in [0, 0.1) is 0 Å². The molecule has 0 spiro atoms. The fourth-order valence-electron chi connectivity index (χ4n) is 3.03. The van der Waals surface area contributed by atoms with E-state index in [4.69, 9.17) is 11.5 Å². The lowest BCUT2D eigenvalue weighted by Crippen LogP contribution is -2.21. The minimum absolute atomic E-state index is 0.277. The Morgan fingerprint density at radius 3 is 2.35 bits per heavy atom. The summed E-state index contributed by atoms with van der Waals surface area (Å²) in [7, 11) is 0. The second-order valence-corrected chi connectivity index (χ2v) is 7.21. The second-order valence-electron chi connectivity index (χ2n) is 7.21. The first-order valence-electron chi connectivity index (χ1n) is 8.46. The van der Waals surface area contributed by atoms with Gasteiger partial charge in [-0.1, -0.05) is 45.0 Å². The molecule has 0 fully saturated rings. The molecule has 134 valence electrons. The average Bonchev–Trinajstić information content (AvgIpc) is 3.04. The van der Waals surface area contributed by atoms with E-state index in [0.29, 0.717) is 6.54 Å². The number of carbonyl (C=O) groups excluding carboxylic acids is 1. The van der Waals surface area contributed by atoms with Gasteiger partial charge in [-0.15, -0.1) is 0 Å². The van der Waals surface area contributed by atoms with E-state index in [0.717, 1.165) is 28.1 Å². The number of carbonyl (C=O) groups is 1. The van der Waals surface area contributed by atoms with E-state index in [1.54, 1.807) is 17.1 Å². The fraction of sp³-hybridized carbons (Fsp3) is 0.250. The van der Waals surface area contributed by atoms with Gasteiger partial charge < -0.3 is 11.5 Å². The fourth-order valence-corrected chi connectivity index (χ4v) is 3.03. The summed E-state index contributed by atoms with van der Waals surface area (Å²) in [6.45, 7) is 6.60. The third kappa shape index (κ3) is 3.23. The number of primary amides is 1. The molecular formula is C20H23N5O. The van der Waals surface area contributed by atoms with Crippen LogP contribution in [0.4, 0.5) is 0 Å². The van der Waals surface area contributed by atoms with Gasteiger partial charge in [-0.05, 0) is 23.1 Å². The lowest BCUT2D eigenvalue weighted by Gasteiger charge is -2.21. The third-order valence-corrected chi connectivity index (χ3v) is 4.22. The van der Waals surface area contributed by atoms with Gasteiger partial charge in [-0.3, -0.25) is 9.78 Å². The summed E-state index contributed by atoms with van der Waals surface area (Å²) < 4.78 is 1.74. The first-order chi connectivity index (χ1) is 12.3. The number of rotatable bonds is 4. The Morgan fingerprint density at radius 1 is 1.15 bits per heavy atom. The maximum atomic E-state index is 12.1. The monoisotopic (exact) mass is 349 g/mol. The standard InChI is InChI=1S/C20H23N5O/c1-20(2,3)16-17(19(22)26)24-25(15-5-4-10-23-12-15)18(16)14-8-6-13(11-21)7-9-14/h4-10,12H,11,21H2,1-3H3,(H2,22,26). The van der Waals surface area contributed by atoms with Crippen LogP contribution < -0.4 is 11.5 Å². The van der Waals surface area contributed by atoms with Gasteiger partial charge in [0.25, 0.3) is 5.91 Å². The van der Waals surface area contributed by atoms with Gasteiger partial charge in [-0.25, -0.2) is 4.68 Å². The lowest BCUT2D eigenvalue weighted by molar-refractivity contribution is 0.0993. The maximum absolute atomic E-state index is 12.1. The van der Waals surface area contributed by atoms with Crippen LogP contribution in [0.2, 0.25) is 0 Å². The van der Waals surface area contributed by atoms with Gasteiger partial charge in [0.1, 0.15) is 0 Å². The van der Waals surface area contributed by atoms with E-state index in [9.17, 15) is 4.79 Å². The van der Waals surface area contributed by atoms with Crippen molar-refractivity contribution in [2.24, 2.45) is 11.5 Å². The van der Waals surface area contributed by atoms with Crippen LogP contribution in [0.15, 0.2) is 48.8 Å². The molecule has 26 heavy (non-hydrogen) atoms. The molecule has 3 aromatic rings. The molecule has 1 amide bonds. The first-order valence-corrected chi connectivity index (χ1v) is 8.46. The summed E-state index contributed by atoms with van der Waals surface area (Å²) >= 11 is 0. The smallest absolute Gasteiger partial charge is 0.269 e. The van der Waals surface area contributed by atoms with Gasteiger partial charge in [0.2, 0.25) is 0 Å². The van der Waals surface area contributed by atoms with E-state index < -0.39 is 5.91 Å². The Labute approximate surface area is 152 Å². The zero-order valence-corrected chi connectivity index (χ0v) is 15.2. The van der Waals surface area contributed by atoms with E-state index in [-0.39, 0.29) is 11.1 Å². The van der Waals surface area contributed by atoms with Crippen molar-refractivity contribution in [2.45, 2.75) is 32.7 Å². The average molecular weight is 349 g/mol. The van der Waals surface area contributed by atoms with Crippen LogP contribution >= 0.6 is 0 Å². The number of hydrogen-bond acceptors (Lipinski definition) is 4. The molecule has 0 aliphatic rings. The molecule has 3 rings (SSSR count). The number of hydrogen-bond donors (Lipinski definition) is 2. The van der Waals surface area contributed by atoms with Crippen LogP contribution in [0.1, 0.15) is 42.4 Å². The molecule has 0 aliphatic carbocycles. The number of pyridine rings is 1. The van der Waals surface area contributed by atoms with Gasteiger partial charge in [0.05, 0.1) is 17.6 Å². The normalized spacial score (nSPS) is 11.5. The van der Waals surface area contributed by atoms with Crippen LogP contribution in [-0.4, -0.2) is 20.7 Å². The minimum Gasteiger partial charge on any atom is -0.364 e. The molecule has 0 aliphatic heterocycles. The summed E-state index contributed by atoms with van der Waals surface area (Å²) in [4.78, 5) is 16.3. The summed E-state index contributed by atoms with van der Waals surface area (Å²) in [5.74, 6) is -0.544. The van der Waals surface area contributed by atoms with Crippen molar-refractivity contribution < 1.29 is 4.79 Å². The van der Waals surface area contributed by atoms with E-state index >= 15 is 0 Å². The first kappa shape index (κ1) is 17.8. The number of nitrogens with two attached hydrogens (primary N) is 2. The summed E-state index contributed by atoms with van der Waals surface area (Å²) in [5.41, 5.74) is 15.7. The van der Waals surface area contributed by atoms with Crippen molar-refractivity contribution in [3.8, 4) is 16.9 Å². The van der Waals surface area contributed by atoms with Crippen LogP contribution in [0.5, 0.6) is 0 Å². The van der Waals surface area contributed by atoms with E-state index in [1.807, 2.05) is 57.2 Å². The van der Waals surface area contributed by atoms with Crippen LogP contribution in [-0.2, 0) is 12.0 Å². The predicted octanol–water partition coefficient (Wildman–Crippen LogP) is 2.79. The zero-order chi connectivity index (χ0) is 18.9. The third-order valence-electron chi connectivity index (χ3n) is 4.22. The SMILES string of the molecule is CC(C)(C)c1c(C(N)=O)nn(-c2cccnc2)c1-c1ccc(CN)cc1. The largest absolute Gasteiger partial charge is 0.364 e. The summed E-state index contributed by atoms with van der Waals surface area (Å²) in [6.07, 6.45) is 3.41. The van der Waals surface area contributed by atoms with Gasteiger partial charge in [0.15, 0.2) is 5.69 Å². The topological polar surface area (TPSA) is 99.8 Å². The number of benzene rings is 1. The highest BCUT2D eigenvalue weighted by Gasteiger charge is 2.31. The highest BCUT2D eigenvalue weighted by molar-refractivity contribution is 5.95. The van der Waals surface area contributed by atoms with Crippen LogP contribution in [0.3, 0.4) is 0 Å². The molecule has 2 aromatic heterocycles. The van der Waals surface area contributed by atoms with Crippen LogP contribution in [0.25, 0.3) is 16.9 Å². The summed E-state index contributed by atoms with van der Waals surface area (Å²) in [6, 6.07) is 11.7. The van der Waals surface area contributed by atoms with E-state index in [2.05, 4.69) is 10.1 Å². The van der Waals surface area contributed by atoms with Crippen molar-refractivity contribution in [1.82, 2.24) is 14.8 Å². The molecule has 0 radical (unpaired) electrons. The molecule has 0 saturated carbocycles. The Balaban J connectivity index is 2.35. The van der Waals surface area contributed by atoms with Crippen molar-refractivity contribution in [3.63, 3.8) is 0 Å². The molecule has 0 bridgehead atoms. The molecule has 2 heterocycles. The van der Waals surface area contributed by atoms with Gasteiger partial charge in [0, 0.05) is 23.9 Å². The highest BCUT2D eigenvalue weighted by atomic mass is 16.1. The summed E-state index contributed by atoms with van der Waals surface area (Å²) in [5, 5.41) is 4.54.